The first-order valence-corrected chi connectivity index (χ1v) is 4.84. The van der Waals surface area contributed by atoms with Crippen LogP contribution in [0.3, 0.4) is 0 Å². The van der Waals surface area contributed by atoms with E-state index in [0.29, 0.717) is 0 Å². The molecule has 13 heavy (non-hydrogen) atoms. The minimum absolute atomic E-state index is 0.724. The Morgan fingerprint density at radius 2 is 2.15 bits per heavy atom. The van der Waals surface area contributed by atoms with Gasteiger partial charge in [-0.05, 0) is 6.07 Å². The predicted molar refractivity (Wildman–Crippen MR) is 60.6 cm³/mol. The molecule has 0 spiro atoms. The predicted octanol–water partition coefficient (Wildman–Crippen LogP) is 2.49. The van der Waals surface area contributed by atoms with E-state index in [0.717, 1.165) is 5.88 Å². The standard InChI is InChI=1S/C10H12N2S/c1-12(7-13)10-6-11-9-5-3-2-4-8(9)10/h2-6,11,13H,7H2,1H3. The summed E-state index contributed by atoms with van der Waals surface area (Å²) in [6.45, 7) is 0. The maximum absolute atomic E-state index is 4.24. The van der Waals surface area contributed by atoms with E-state index in [1.165, 1.54) is 16.6 Å². The molecule has 0 saturated carbocycles. The van der Waals surface area contributed by atoms with Crippen molar-refractivity contribution in [2.24, 2.45) is 0 Å². The summed E-state index contributed by atoms with van der Waals surface area (Å²) >= 11 is 4.24. The Bertz CT molecular complexity index is 408. The second-order valence-electron chi connectivity index (χ2n) is 3.06. The second kappa shape index (κ2) is 3.34. The minimum Gasteiger partial charge on any atom is -0.364 e. The quantitative estimate of drug-likeness (QED) is 0.553. The van der Waals surface area contributed by atoms with Crippen molar-refractivity contribution < 1.29 is 0 Å². The number of hydrogen-bond donors (Lipinski definition) is 2. The highest BCUT2D eigenvalue weighted by Gasteiger charge is 2.04. The molecule has 0 unspecified atom stereocenters. The summed E-state index contributed by atoms with van der Waals surface area (Å²) < 4.78 is 0. The first-order chi connectivity index (χ1) is 6.33. The molecule has 3 heteroatoms. The zero-order valence-electron chi connectivity index (χ0n) is 7.49. The lowest BCUT2D eigenvalue weighted by molar-refractivity contribution is 1.11. The lowest BCUT2D eigenvalue weighted by Gasteiger charge is -2.14. The molecule has 0 bridgehead atoms. The van der Waals surface area contributed by atoms with Gasteiger partial charge in [-0.25, -0.2) is 0 Å². The van der Waals surface area contributed by atoms with E-state index in [4.69, 9.17) is 0 Å². The van der Waals surface area contributed by atoms with Gasteiger partial charge < -0.3 is 9.88 Å². The first-order valence-electron chi connectivity index (χ1n) is 4.21. The van der Waals surface area contributed by atoms with Crippen molar-refractivity contribution >= 4 is 29.2 Å². The Morgan fingerprint density at radius 3 is 2.92 bits per heavy atom. The van der Waals surface area contributed by atoms with Gasteiger partial charge >= 0.3 is 0 Å². The summed E-state index contributed by atoms with van der Waals surface area (Å²) in [5, 5.41) is 1.25. The Labute approximate surface area is 83.0 Å². The van der Waals surface area contributed by atoms with Gasteiger partial charge in [-0.15, -0.1) is 0 Å². The molecule has 0 saturated heterocycles. The first kappa shape index (κ1) is 8.51. The molecule has 0 aliphatic heterocycles. The topological polar surface area (TPSA) is 19.0 Å². The van der Waals surface area contributed by atoms with Crippen LogP contribution in [-0.4, -0.2) is 17.9 Å². The van der Waals surface area contributed by atoms with E-state index in [1.54, 1.807) is 0 Å². The zero-order valence-corrected chi connectivity index (χ0v) is 8.38. The Hall–Kier alpha value is -1.09. The van der Waals surface area contributed by atoms with Gasteiger partial charge in [-0.1, -0.05) is 18.2 Å². The third-order valence-corrected chi connectivity index (χ3v) is 2.62. The molecule has 1 aromatic carbocycles. The summed E-state index contributed by atoms with van der Waals surface area (Å²) in [4.78, 5) is 5.33. The number of anilines is 1. The summed E-state index contributed by atoms with van der Waals surface area (Å²) in [5.41, 5.74) is 2.37. The van der Waals surface area contributed by atoms with Crippen LogP contribution in [0.1, 0.15) is 0 Å². The van der Waals surface area contributed by atoms with Crippen molar-refractivity contribution in [1.29, 1.82) is 0 Å². The molecule has 1 aromatic heterocycles. The lowest BCUT2D eigenvalue weighted by Crippen LogP contribution is -2.13. The van der Waals surface area contributed by atoms with E-state index in [1.807, 2.05) is 25.4 Å². The van der Waals surface area contributed by atoms with Gasteiger partial charge in [-0.3, -0.25) is 0 Å². The van der Waals surface area contributed by atoms with Crippen LogP contribution in [0.5, 0.6) is 0 Å². The second-order valence-corrected chi connectivity index (χ2v) is 3.34. The van der Waals surface area contributed by atoms with Crippen LogP contribution in [0.4, 0.5) is 5.69 Å². The monoisotopic (exact) mass is 192 g/mol. The molecule has 0 aliphatic rings. The lowest BCUT2D eigenvalue weighted by atomic mass is 10.2. The number of H-pyrrole nitrogens is 1. The molecule has 2 aromatic rings. The van der Waals surface area contributed by atoms with Crippen molar-refractivity contribution in [2.75, 3.05) is 17.8 Å². The molecule has 0 atom stereocenters. The van der Waals surface area contributed by atoms with Crippen molar-refractivity contribution in [3.8, 4) is 0 Å². The van der Waals surface area contributed by atoms with Crippen LogP contribution in [0, 0.1) is 0 Å². The third-order valence-electron chi connectivity index (χ3n) is 2.19. The van der Waals surface area contributed by atoms with Crippen molar-refractivity contribution in [1.82, 2.24) is 4.98 Å². The van der Waals surface area contributed by atoms with Crippen molar-refractivity contribution in [2.45, 2.75) is 0 Å². The van der Waals surface area contributed by atoms with Gasteiger partial charge in [0.2, 0.25) is 0 Å². The third kappa shape index (κ3) is 1.40. The van der Waals surface area contributed by atoms with E-state index >= 15 is 0 Å². The maximum Gasteiger partial charge on any atom is 0.0628 e. The number of thiol groups is 1. The maximum atomic E-state index is 4.24. The molecule has 0 fully saturated rings. The smallest absolute Gasteiger partial charge is 0.0628 e. The van der Waals surface area contributed by atoms with Gasteiger partial charge in [0.15, 0.2) is 0 Å². The number of hydrogen-bond acceptors (Lipinski definition) is 2. The molecule has 2 rings (SSSR count). The Morgan fingerprint density at radius 1 is 1.38 bits per heavy atom. The molecule has 0 amide bonds. The normalized spacial score (nSPS) is 10.6. The van der Waals surface area contributed by atoms with Crippen LogP contribution in [-0.2, 0) is 0 Å². The van der Waals surface area contributed by atoms with Crippen LogP contribution in [0.25, 0.3) is 10.9 Å². The van der Waals surface area contributed by atoms with Gasteiger partial charge in [0.05, 0.1) is 11.6 Å². The fourth-order valence-corrected chi connectivity index (χ4v) is 1.60. The van der Waals surface area contributed by atoms with Gasteiger partial charge in [0.1, 0.15) is 0 Å². The van der Waals surface area contributed by atoms with E-state index in [-0.39, 0.29) is 0 Å². The number of aromatic nitrogens is 1. The highest BCUT2D eigenvalue weighted by Crippen LogP contribution is 2.25. The fraction of sp³-hybridized carbons (Fsp3) is 0.200. The van der Waals surface area contributed by atoms with Gasteiger partial charge in [-0.2, -0.15) is 12.6 Å². The SMILES string of the molecule is CN(CS)c1c[nH]c2ccccc12. The fourth-order valence-electron chi connectivity index (χ4n) is 1.45. The van der Waals surface area contributed by atoms with Crippen molar-refractivity contribution in [3.05, 3.63) is 30.5 Å². The van der Waals surface area contributed by atoms with E-state index in [2.05, 4.69) is 34.6 Å². The van der Waals surface area contributed by atoms with Gasteiger partial charge in [0.25, 0.3) is 0 Å². The van der Waals surface area contributed by atoms with Crippen LogP contribution in [0.15, 0.2) is 30.5 Å². The summed E-state index contributed by atoms with van der Waals surface area (Å²) in [6, 6.07) is 8.27. The number of rotatable bonds is 2. The average molecular weight is 192 g/mol. The highest BCUT2D eigenvalue weighted by molar-refractivity contribution is 7.80. The van der Waals surface area contributed by atoms with E-state index < -0.39 is 0 Å². The van der Waals surface area contributed by atoms with Crippen LogP contribution >= 0.6 is 12.6 Å². The number of nitrogens with one attached hydrogen (secondary N) is 1. The Balaban J connectivity index is 2.57. The number of fused-ring (bicyclic) bond motifs is 1. The largest absolute Gasteiger partial charge is 0.364 e. The molecule has 1 heterocycles. The zero-order chi connectivity index (χ0) is 9.26. The minimum atomic E-state index is 0.724. The molecule has 1 N–H and O–H groups in total. The number of aromatic amines is 1. The molecular formula is C10H12N2S. The Kier molecular flexibility index (Phi) is 2.19. The molecule has 68 valence electrons. The molecular weight excluding hydrogens is 180 g/mol. The van der Waals surface area contributed by atoms with Gasteiger partial charge in [0, 0.05) is 24.1 Å². The molecule has 0 radical (unpaired) electrons. The molecule has 0 aliphatic carbocycles. The van der Waals surface area contributed by atoms with E-state index in [9.17, 15) is 0 Å². The summed E-state index contributed by atoms with van der Waals surface area (Å²) in [6.07, 6.45) is 2.01. The number of para-hydroxylation sites is 1. The highest BCUT2D eigenvalue weighted by atomic mass is 32.1. The number of nitrogens with zero attached hydrogens (tertiary/aromatic N) is 1. The van der Waals surface area contributed by atoms with Crippen molar-refractivity contribution in [3.63, 3.8) is 0 Å². The number of benzene rings is 1. The molecule has 2 nitrogen and oxygen atoms in total. The summed E-state index contributed by atoms with van der Waals surface area (Å²) in [5.74, 6) is 0.724. The average Bonchev–Trinajstić information content (AvgIpc) is 2.60. The summed E-state index contributed by atoms with van der Waals surface area (Å²) in [7, 11) is 2.03. The van der Waals surface area contributed by atoms with Crippen LogP contribution in [0.2, 0.25) is 0 Å². The van der Waals surface area contributed by atoms with Crippen LogP contribution < -0.4 is 4.90 Å².